The number of aromatic nitrogens is 4. The molecular weight excluding hydrogens is 745 g/mol. The molecule has 0 N–H and O–H groups in total. The number of rotatable bonds is 3. The van der Waals surface area contributed by atoms with Gasteiger partial charge in [-0.25, -0.2) is 4.98 Å². The quantitative estimate of drug-likeness (QED) is 0.168. The zero-order valence-electron chi connectivity index (χ0n) is 26.1. The SMILES string of the molecule is Cc1c[c-]c(-c2nc3ncc(C(C)(C)C)cc3n2-c2ccccc2)c2oc3ccccc3c12.[Ir].[c-]1ccccc1-c1ccccn1. The summed E-state index contributed by atoms with van der Waals surface area (Å²) in [5, 5.41) is 2.21. The van der Waals surface area contributed by atoms with Crippen molar-refractivity contribution in [2.75, 3.05) is 0 Å². The second kappa shape index (κ2) is 12.8. The molecule has 0 unspecified atom stereocenters. The Kier molecular flexibility index (Phi) is 8.68. The van der Waals surface area contributed by atoms with Crippen LogP contribution >= 0.6 is 0 Å². The zero-order chi connectivity index (χ0) is 31.0. The van der Waals surface area contributed by atoms with Crippen molar-refractivity contribution in [1.82, 2.24) is 19.5 Å². The molecule has 0 spiro atoms. The molecule has 0 fully saturated rings. The van der Waals surface area contributed by atoms with E-state index in [1.54, 1.807) is 6.20 Å². The largest absolute Gasteiger partial charge is 0.501 e. The van der Waals surface area contributed by atoms with Crippen LogP contribution in [0, 0.1) is 19.1 Å². The molecule has 4 heterocycles. The van der Waals surface area contributed by atoms with Crippen molar-refractivity contribution < 1.29 is 24.5 Å². The van der Waals surface area contributed by atoms with Crippen molar-refractivity contribution >= 4 is 33.1 Å². The number of benzene rings is 4. The van der Waals surface area contributed by atoms with Crippen molar-refractivity contribution in [2.45, 2.75) is 33.1 Å². The molecule has 0 atom stereocenters. The molecular formula is C40H32IrN4O-2. The smallest absolute Gasteiger partial charge is 0.168 e. The molecule has 8 rings (SSSR count). The summed E-state index contributed by atoms with van der Waals surface area (Å²) in [7, 11) is 0. The first-order chi connectivity index (χ1) is 21.9. The number of fused-ring (bicyclic) bond motifs is 4. The first-order valence-electron chi connectivity index (χ1n) is 15.0. The van der Waals surface area contributed by atoms with E-state index < -0.39 is 0 Å². The second-order valence-corrected chi connectivity index (χ2v) is 12.1. The van der Waals surface area contributed by atoms with E-state index in [-0.39, 0.29) is 25.5 Å². The molecule has 8 aromatic rings. The van der Waals surface area contributed by atoms with E-state index in [2.05, 4.69) is 73.6 Å². The number of imidazole rings is 1. The monoisotopic (exact) mass is 777 g/mol. The summed E-state index contributed by atoms with van der Waals surface area (Å²) in [4.78, 5) is 14.0. The molecule has 0 aliphatic heterocycles. The van der Waals surface area contributed by atoms with Crippen molar-refractivity contribution in [3.05, 3.63) is 145 Å². The predicted molar refractivity (Wildman–Crippen MR) is 182 cm³/mol. The van der Waals surface area contributed by atoms with Crippen LogP contribution in [-0.4, -0.2) is 19.5 Å². The van der Waals surface area contributed by atoms with Crippen LogP contribution < -0.4 is 0 Å². The third-order valence-corrected chi connectivity index (χ3v) is 7.92. The van der Waals surface area contributed by atoms with E-state index in [9.17, 15) is 0 Å². The minimum Gasteiger partial charge on any atom is -0.501 e. The fourth-order valence-electron chi connectivity index (χ4n) is 5.55. The van der Waals surface area contributed by atoms with E-state index >= 15 is 0 Å². The van der Waals surface area contributed by atoms with Gasteiger partial charge in [-0.1, -0.05) is 87.2 Å². The Morgan fingerprint density at radius 1 is 0.804 bits per heavy atom. The van der Waals surface area contributed by atoms with Crippen molar-refractivity contribution in [1.29, 1.82) is 0 Å². The topological polar surface area (TPSA) is 56.7 Å². The first-order valence-corrected chi connectivity index (χ1v) is 15.0. The number of aryl methyl sites for hydroxylation is 1. The Hall–Kier alpha value is -4.90. The number of para-hydroxylation sites is 2. The Balaban J connectivity index is 0.000000241. The number of furan rings is 1. The van der Waals surface area contributed by atoms with E-state index in [1.165, 1.54) is 5.56 Å². The van der Waals surface area contributed by atoms with Gasteiger partial charge in [-0.05, 0) is 47.0 Å². The number of pyridine rings is 2. The molecule has 46 heavy (non-hydrogen) atoms. The molecule has 0 bridgehead atoms. The summed E-state index contributed by atoms with van der Waals surface area (Å²) in [5.74, 6) is 0.777. The van der Waals surface area contributed by atoms with E-state index in [0.717, 1.165) is 61.4 Å². The third-order valence-electron chi connectivity index (χ3n) is 7.92. The van der Waals surface area contributed by atoms with Crippen LogP contribution in [-0.2, 0) is 25.5 Å². The summed E-state index contributed by atoms with van der Waals surface area (Å²) in [6, 6.07) is 43.0. The maximum absolute atomic E-state index is 6.38. The molecule has 5 nitrogen and oxygen atoms in total. The normalized spacial score (nSPS) is 11.3. The van der Waals surface area contributed by atoms with E-state index in [4.69, 9.17) is 14.4 Å². The van der Waals surface area contributed by atoms with Gasteiger partial charge >= 0.3 is 0 Å². The number of hydrogen-bond acceptors (Lipinski definition) is 4. The van der Waals surface area contributed by atoms with Crippen LogP contribution in [0.5, 0.6) is 0 Å². The Labute approximate surface area is 282 Å². The van der Waals surface area contributed by atoms with E-state index in [1.807, 2.05) is 91.1 Å². The van der Waals surface area contributed by atoms with Crippen molar-refractivity contribution in [3.63, 3.8) is 0 Å². The third kappa shape index (κ3) is 5.90. The van der Waals surface area contributed by atoms with Gasteiger partial charge in [0.25, 0.3) is 0 Å². The van der Waals surface area contributed by atoms with Gasteiger partial charge in [-0.15, -0.1) is 53.6 Å². The van der Waals surface area contributed by atoms with Crippen LogP contribution in [0.3, 0.4) is 0 Å². The number of hydrogen-bond donors (Lipinski definition) is 0. The van der Waals surface area contributed by atoms with Gasteiger partial charge < -0.3 is 14.0 Å². The van der Waals surface area contributed by atoms with Crippen LogP contribution in [0.1, 0.15) is 31.9 Å². The summed E-state index contributed by atoms with van der Waals surface area (Å²) >= 11 is 0. The van der Waals surface area contributed by atoms with Crippen LogP contribution in [0.25, 0.3) is 61.4 Å². The Bertz CT molecular complexity index is 2210. The molecule has 0 aliphatic rings. The van der Waals surface area contributed by atoms with Gasteiger partial charge in [0.15, 0.2) is 5.65 Å². The minimum atomic E-state index is -0.0187. The summed E-state index contributed by atoms with van der Waals surface area (Å²) in [6.45, 7) is 8.70. The van der Waals surface area contributed by atoms with Crippen molar-refractivity contribution in [3.8, 4) is 28.3 Å². The predicted octanol–water partition coefficient (Wildman–Crippen LogP) is 9.94. The zero-order valence-corrected chi connectivity index (χ0v) is 28.5. The van der Waals surface area contributed by atoms with Gasteiger partial charge in [-0.3, -0.25) is 4.98 Å². The minimum absolute atomic E-state index is 0. The first kappa shape index (κ1) is 31.1. The summed E-state index contributed by atoms with van der Waals surface area (Å²) < 4.78 is 8.55. The van der Waals surface area contributed by atoms with Crippen LogP contribution in [0.2, 0.25) is 0 Å². The molecule has 0 saturated heterocycles. The van der Waals surface area contributed by atoms with Gasteiger partial charge in [0.1, 0.15) is 5.58 Å². The van der Waals surface area contributed by atoms with Crippen LogP contribution in [0.15, 0.2) is 126 Å². The Morgan fingerprint density at radius 2 is 1.57 bits per heavy atom. The fraction of sp³-hybridized carbons (Fsp3) is 0.125. The molecule has 6 heteroatoms. The van der Waals surface area contributed by atoms with Crippen LogP contribution in [0.4, 0.5) is 0 Å². The molecule has 229 valence electrons. The molecule has 0 amide bonds. The molecule has 0 saturated carbocycles. The van der Waals surface area contributed by atoms with Gasteiger partial charge in [0.2, 0.25) is 0 Å². The molecule has 4 aromatic carbocycles. The summed E-state index contributed by atoms with van der Waals surface area (Å²) in [5.41, 5.74) is 9.52. The maximum atomic E-state index is 6.38. The average Bonchev–Trinajstić information content (AvgIpc) is 3.65. The maximum Gasteiger partial charge on any atom is 0.168 e. The second-order valence-electron chi connectivity index (χ2n) is 12.1. The summed E-state index contributed by atoms with van der Waals surface area (Å²) in [6.07, 6.45) is 3.72. The molecule has 4 aromatic heterocycles. The molecule has 0 aliphatic carbocycles. The molecule has 1 radical (unpaired) electrons. The fourth-order valence-corrected chi connectivity index (χ4v) is 5.55. The van der Waals surface area contributed by atoms with Crippen molar-refractivity contribution in [2.24, 2.45) is 0 Å². The van der Waals surface area contributed by atoms with Gasteiger partial charge in [0, 0.05) is 43.6 Å². The standard InChI is InChI=1S/C29H24N3O.C11H8N.Ir/c1-18-14-15-22(26-25(18)21-12-8-9-13-24(21)33-26)28-31-27-23(16-19(17-30-27)29(2,3)4)32(28)20-10-6-5-7-11-20;1-2-6-10(7-3-1)11-8-4-5-9-12-11;/h5-14,16-17H,1-4H3;1-6,8-9H;/q2*-1;. The van der Waals surface area contributed by atoms with Gasteiger partial charge in [0.05, 0.1) is 16.9 Å². The van der Waals surface area contributed by atoms with Gasteiger partial charge in [-0.2, -0.15) is 0 Å². The van der Waals surface area contributed by atoms with E-state index in [0.29, 0.717) is 5.65 Å². The number of nitrogens with zero attached hydrogens (tertiary/aromatic N) is 4. The Morgan fingerprint density at radius 3 is 2.30 bits per heavy atom. The average molecular weight is 777 g/mol.